The van der Waals surface area contributed by atoms with Crippen molar-refractivity contribution in [3.05, 3.63) is 29.8 Å². The third-order valence-electron chi connectivity index (χ3n) is 2.76. The predicted octanol–water partition coefficient (Wildman–Crippen LogP) is 2.58. The van der Waals surface area contributed by atoms with Crippen LogP contribution in [0.25, 0.3) is 0 Å². The number of hydrogen-bond acceptors (Lipinski definition) is 3. The molecular weight excluding hydrogens is 284 g/mol. The van der Waals surface area contributed by atoms with Gasteiger partial charge in [-0.2, -0.15) is 0 Å². The van der Waals surface area contributed by atoms with Crippen molar-refractivity contribution in [1.82, 2.24) is 5.32 Å². The average Bonchev–Trinajstić information content (AvgIpc) is 2.41. The van der Waals surface area contributed by atoms with Crippen molar-refractivity contribution in [2.45, 2.75) is 24.7 Å². The SMILES string of the molecule is CC(CCO)CNC(=O)CCSc1ccc(F)c(F)c1. The zero-order chi connectivity index (χ0) is 15.0. The lowest BCUT2D eigenvalue weighted by molar-refractivity contribution is -0.120. The molecule has 1 atom stereocenters. The van der Waals surface area contributed by atoms with Crippen molar-refractivity contribution in [2.75, 3.05) is 18.9 Å². The maximum Gasteiger partial charge on any atom is 0.220 e. The summed E-state index contributed by atoms with van der Waals surface area (Å²) in [6, 6.07) is 3.69. The molecule has 0 aromatic heterocycles. The Morgan fingerprint density at radius 2 is 2.15 bits per heavy atom. The van der Waals surface area contributed by atoms with Crippen molar-refractivity contribution < 1.29 is 18.7 Å². The fraction of sp³-hybridized carbons (Fsp3) is 0.500. The summed E-state index contributed by atoms with van der Waals surface area (Å²) in [7, 11) is 0. The van der Waals surface area contributed by atoms with Gasteiger partial charge in [0.1, 0.15) is 0 Å². The molecule has 6 heteroatoms. The summed E-state index contributed by atoms with van der Waals surface area (Å²) < 4.78 is 25.7. The van der Waals surface area contributed by atoms with Gasteiger partial charge in [0.05, 0.1) is 0 Å². The summed E-state index contributed by atoms with van der Waals surface area (Å²) >= 11 is 1.31. The maximum absolute atomic E-state index is 13.0. The number of aliphatic hydroxyl groups excluding tert-OH is 1. The first kappa shape index (κ1) is 16.9. The van der Waals surface area contributed by atoms with E-state index in [9.17, 15) is 13.6 Å². The van der Waals surface area contributed by atoms with Gasteiger partial charge < -0.3 is 10.4 Å². The fourth-order valence-electron chi connectivity index (χ4n) is 1.53. The van der Waals surface area contributed by atoms with Gasteiger partial charge in [0, 0.05) is 30.2 Å². The molecule has 1 aromatic carbocycles. The van der Waals surface area contributed by atoms with Gasteiger partial charge in [-0.1, -0.05) is 6.92 Å². The zero-order valence-electron chi connectivity index (χ0n) is 11.4. The number of hydrogen-bond donors (Lipinski definition) is 2. The van der Waals surface area contributed by atoms with Gasteiger partial charge in [0.25, 0.3) is 0 Å². The highest BCUT2D eigenvalue weighted by atomic mass is 32.2. The van der Waals surface area contributed by atoms with Crippen LogP contribution in [0.3, 0.4) is 0 Å². The summed E-state index contributed by atoms with van der Waals surface area (Å²) in [6.07, 6.45) is 0.972. The van der Waals surface area contributed by atoms with E-state index in [4.69, 9.17) is 5.11 Å². The molecule has 2 N–H and O–H groups in total. The molecule has 0 saturated heterocycles. The van der Waals surface area contributed by atoms with Crippen LogP contribution in [0.2, 0.25) is 0 Å². The first-order valence-electron chi connectivity index (χ1n) is 6.48. The molecule has 20 heavy (non-hydrogen) atoms. The molecule has 0 radical (unpaired) electrons. The molecule has 0 bridgehead atoms. The van der Waals surface area contributed by atoms with Gasteiger partial charge in [-0.3, -0.25) is 4.79 Å². The monoisotopic (exact) mass is 303 g/mol. The number of nitrogens with one attached hydrogen (secondary N) is 1. The van der Waals surface area contributed by atoms with Crippen LogP contribution in [0.15, 0.2) is 23.1 Å². The van der Waals surface area contributed by atoms with Crippen LogP contribution >= 0.6 is 11.8 Å². The lowest BCUT2D eigenvalue weighted by Crippen LogP contribution is -2.28. The highest BCUT2D eigenvalue weighted by Gasteiger charge is 2.07. The molecule has 1 aromatic rings. The first-order chi connectivity index (χ1) is 9.52. The van der Waals surface area contributed by atoms with Gasteiger partial charge in [-0.25, -0.2) is 8.78 Å². The Labute approximate surface area is 121 Å². The van der Waals surface area contributed by atoms with Crippen molar-refractivity contribution in [1.29, 1.82) is 0 Å². The second kappa shape index (κ2) is 8.92. The number of thioether (sulfide) groups is 1. The van der Waals surface area contributed by atoms with E-state index in [1.807, 2.05) is 6.92 Å². The molecule has 0 spiro atoms. The normalized spacial score (nSPS) is 12.2. The van der Waals surface area contributed by atoms with Crippen LogP contribution in [0.1, 0.15) is 19.8 Å². The van der Waals surface area contributed by atoms with Crippen LogP contribution < -0.4 is 5.32 Å². The van der Waals surface area contributed by atoms with E-state index in [1.165, 1.54) is 17.8 Å². The molecule has 0 fully saturated rings. The Hall–Kier alpha value is -1.14. The number of carbonyl (C=O) groups is 1. The standard InChI is InChI=1S/C14H19F2NO2S/c1-10(4-6-18)9-17-14(19)5-7-20-11-2-3-12(15)13(16)8-11/h2-3,8,10,18H,4-7,9H2,1H3,(H,17,19). The summed E-state index contributed by atoms with van der Waals surface area (Å²) in [4.78, 5) is 12.1. The van der Waals surface area contributed by atoms with Crippen LogP contribution in [0.4, 0.5) is 8.78 Å². The third-order valence-corrected chi connectivity index (χ3v) is 3.75. The number of carbonyl (C=O) groups excluding carboxylic acids is 1. The van der Waals surface area contributed by atoms with Crippen LogP contribution in [-0.2, 0) is 4.79 Å². The number of rotatable bonds is 8. The smallest absolute Gasteiger partial charge is 0.220 e. The summed E-state index contributed by atoms with van der Waals surface area (Å²) in [5, 5.41) is 11.5. The molecule has 0 saturated carbocycles. The minimum atomic E-state index is -0.878. The Kier molecular flexibility index (Phi) is 7.54. The van der Waals surface area contributed by atoms with E-state index in [0.29, 0.717) is 30.0 Å². The van der Waals surface area contributed by atoms with Crippen molar-refractivity contribution >= 4 is 17.7 Å². The predicted molar refractivity (Wildman–Crippen MR) is 75.6 cm³/mol. The third kappa shape index (κ3) is 6.34. The van der Waals surface area contributed by atoms with E-state index in [0.717, 1.165) is 12.1 Å². The molecule has 1 unspecified atom stereocenters. The molecule has 112 valence electrons. The Morgan fingerprint density at radius 3 is 2.80 bits per heavy atom. The van der Waals surface area contributed by atoms with E-state index in [1.54, 1.807) is 0 Å². The lowest BCUT2D eigenvalue weighted by atomic mass is 10.1. The lowest BCUT2D eigenvalue weighted by Gasteiger charge is -2.11. The van der Waals surface area contributed by atoms with E-state index in [2.05, 4.69) is 5.32 Å². The van der Waals surface area contributed by atoms with Gasteiger partial charge in [-0.05, 0) is 30.5 Å². The second-order valence-corrected chi connectivity index (χ2v) is 5.76. The summed E-state index contributed by atoms with van der Waals surface area (Å²) in [5.74, 6) is -1.08. The number of benzene rings is 1. The van der Waals surface area contributed by atoms with Gasteiger partial charge in [-0.15, -0.1) is 11.8 Å². The molecule has 0 aliphatic rings. The van der Waals surface area contributed by atoms with Gasteiger partial charge in [0.15, 0.2) is 11.6 Å². The maximum atomic E-state index is 13.0. The first-order valence-corrected chi connectivity index (χ1v) is 7.47. The highest BCUT2D eigenvalue weighted by Crippen LogP contribution is 2.20. The number of halogens is 2. The van der Waals surface area contributed by atoms with Gasteiger partial charge >= 0.3 is 0 Å². The minimum Gasteiger partial charge on any atom is -0.396 e. The van der Waals surface area contributed by atoms with Crippen LogP contribution in [-0.4, -0.2) is 29.9 Å². The molecule has 1 amide bonds. The van der Waals surface area contributed by atoms with Crippen molar-refractivity contribution in [2.24, 2.45) is 5.92 Å². The van der Waals surface area contributed by atoms with Crippen molar-refractivity contribution in [3.63, 3.8) is 0 Å². The molecule has 3 nitrogen and oxygen atoms in total. The minimum absolute atomic E-state index is 0.0788. The largest absolute Gasteiger partial charge is 0.396 e. The molecular formula is C14H19F2NO2S. The highest BCUT2D eigenvalue weighted by molar-refractivity contribution is 7.99. The average molecular weight is 303 g/mol. The van der Waals surface area contributed by atoms with Crippen LogP contribution in [0.5, 0.6) is 0 Å². The van der Waals surface area contributed by atoms with E-state index in [-0.39, 0.29) is 18.4 Å². The molecule has 1 rings (SSSR count). The molecule has 0 heterocycles. The van der Waals surface area contributed by atoms with E-state index >= 15 is 0 Å². The Bertz CT molecular complexity index is 443. The quantitative estimate of drug-likeness (QED) is 0.726. The molecule has 0 aliphatic heterocycles. The topological polar surface area (TPSA) is 49.3 Å². The Morgan fingerprint density at radius 1 is 1.40 bits per heavy atom. The summed E-state index contributed by atoms with van der Waals surface area (Å²) in [6.45, 7) is 2.60. The van der Waals surface area contributed by atoms with Gasteiger partial charge in [0.2, 0.25) is 5.91 Å². The molecule has 0 aliphatic carbocycles. The fourth-order valence-corrected chi connectivity index (χ4v) is 2.40. The van der Waals surface area contributed by atoms with Crippen LogP contribution in [0, 0.1) is 17.6 Å². The number of amides is 1. The van der Waals surface area contributed by atoms with E-state index < -0.39 is 11.6 Å². The Balaban J connectivity index is 2.23. The number of aliphatic hydroxyl groups is 1. The second-order valence-electron chi connectivity index (χ2n) is 4.60. The zero-order valence-corrected chi connectivity index (χ0v) is 12.2. The summed E-state index contributed by atoms with van der Waals surface area (Å²) in [5.41, 5.74) is 0. The van der Waals surface area contributed by atoms with Crippen molar-refractivity contribution in [3.8, 4) is 0 Å².